The summed E-state index contributed by atoms with van der Waals surface area (Å²) in [5, 5.41) is 12.9. The second-order valence-corrected chi connectivity index (χ2v) is 5.55. The van der Waals surface area contributed by atoms with Crippen LogP contribution in [0.5, 0.6) is 0 Å². The fourth-order valence-corrected chi connectivity index (χ4v) is 3.31. The molecule has 0 saturated heterocycles. The first-order valence-electron chi connectivity index (χ1n) is 6.78. The predicted molar refractivity (Wildman–Crippen MR) is 67.0 cm³/mol. The molecule has 4 rings (SSSR count). The molecule has 2 aromatic rings. The van der Waals surface area contributed by atoms with E-state index in [-0.39, 0.29) is 0 Å². The lowest BCUT2D eigenvalue weighted by atomic mass is 9.88. The van der Waals surface area contributed by atoms with Crippen molar-refractivity contribution in [1.82, 2.24) is 15.1 Å². The summed E-state index contributed by atoms with van der Waals surface area (Å²) < 4.78 is 5.33. The molecule has 0 bridgehead atoms. The minimum atomic E-state index is 0.474. The summed E-state index contributed by atoms with van der Waals surface area (Å²) in [6.07, 6.45) is 5.15. The molecule has 2 saturated carbocycles. The van der Waals surface area contributed by atoms with E-state index in [9.17, 15) is 0 Å². The summed E-state index contributed by atoms with van der Waals surface area (Å²) in [4.78, 5) is 7.47. The maximum absolute atomic E-state index is 8.80. The summed E-state index contributed by atoms with van der Waals surface area (Å²) in [5.41, 5.74) is 1.23. The van der Waals surface area contributed by atoms with Gasteiger partial charge >= 0.3 is 0 Å². The topological polar surface area (TPSA) is 78.5 Å². The number of aromatic nitrogens is 3. The van der Waals surface area contributed by atoms with Crippen LogP contribution in [0.15, 0.2) is 16.7 Å². The van der Waals surface area contributed by atoms with Crippen molar-refractivity contribution in [3.63, 3.8) is 0 Å². The molecule has 3 atom stereocenters. The van der Waals surface area contributed by atoms with Crippen LogP contribution >= 0.6 is 0 Å². The van der Waals surface area contributed by atoms with Gasteiger partial charge in [0.25, 0.3) is 5.89 Å². The van der Waals surface area contributed by atoms with Gasteiger partial charge in [0.1, 0.15) is 17.5 Å². The molecule has 0 spiro atoms. The number of nitriles is 1. The highest BCUT2D eigenvalue weighted by atomic mass is 16.5. The van der Waals surface area contributed by atoms with Gasteiger partial charge in [-0.15, -0.1) is 0 Å². The number of aromatic amines is 1. The fraction of sp³-hybridized carbons (Fsp3) is 0.500. The van der Waals surface area contributed by atoms with E-state index in [2.05, 4.69) is 21.2 Å². The number of H-pyrrole nitrogens is 1. The molecule has 2 heterocycles. The van der Waals surface area contributed by atoms with Crippen LogP contribution < -0.4 is 0 Å². The van der Waals surface area contributed by atoms with Crippen molar-refractivity contribution in [2.45, 2.75) is 31.6 Å². The highest BCUT2D eigenvalue weighted by Gasteiger charge is 2.47. The second kappa shape index (κ2) is 3.95. The van der Waals surface area contributed by atoms with Gasteiger partial charge in [-0.05, 0) is 36.8 Å². The molecule has 2 fully saturated rings. The SMILES string of the molecule is N#Cc1ccc(-c2nc(C3CCCC4CC43)no2)[nH]1. The van der Waals surface area contributed by atoms with E-state index < -0.39 is 0 Å². The lowest BCUT2D eigenvalue weighted by Gasteiger charge is -2.17. The molecule has 19 heavy (non-hydrogen) atoms. The van der Waals surface area contributed by atoms with Gasteiger partial charge in [0.15, 0.2) is 5.82 Å². The molecular weight excluding hydrogens is 240 g/mol. The number of hydrogen-bond donors (Lipinski definition) is 1. The largest absolute Gasteiger partial charge is 0.342 e. The quantitative estimate of drug-likeness (QED) is 0.893. The summed E-state index contributed by atoms with van der Waals surface area (Å²) in [6, 6.07) is 5.58. The standard InChI is InChI=1S/C14H14N4O/c15-7-9-4-5-12(16-9)14-17-13(18-19-14)10-3-1-2-8-6-11(8)10/h4-5,8,10-11,16H,1-3,6H2. The van der Waals surface area contributed by atoms with Crippen LogP contribution in [0.1, 0.15) is 43.1 Å². The summed E-state index contributed by atoms with van der Waals surface area (Å²) in [5.74, 6) is 3.48. The first kappa shape index (κ1) is 10.8. The van der Waals surface area contributed by atoms with Crippen LogP contribution in [-0.2, 0) is 0 Å². The Morgan fingerprint density at radius 3 is 3.16 bits per heavy atom. The number of fused-ring (bicyclic) bond motifs is 1. The van der Waals surface area contributed by atoms with E-state index in [0.29, 0.717) is 17.5 Å². The van der Waals surface area contributed by atoms with Crippen molar-refractivity contribution in [1.29, 1.82) is 5.26 Å². The molecule has 1 N–H and O–H groups in total. The van der Waals surface area contributed by atoms with Crippen LogP contribution in [0.3, 0.4) is 0 Å². The molecule has 5 nitrogen and oxygen atoms in total. The molecule has 2 aliphatic rings. The monoisotopic (exact) mass is 254 g/mol. The molecule has 0 amide bonds. The zero-order valence-corrected chi connectivity index (χ0v) is 10.5. The summed E-state index contributed by atoms with van der Waals surface area (Å²) in [6.45, 7) is 0. The summed E-state index contributed by atoms with van der Waals surface area (Å²) >= 11 is 0. The third-order valence-corrected chi connectivity index (χ3v) is 4.39. The van der Waals surface area contributed by atoms with Gasteiger partial charge in [0.2, 0.25) is 0 Å². The van der Waals surface area contributed by atoms with Crippen LogP contribution in [0.2, 0.25) is 0 Å². The maximum Gasteiger partial charge on any atom is 0.274 e. The fourth-order valence-electron chi connectivity index (χ4n) is 3.31. The Balaban J connectivity index is 1.61. The molecular formula is C14H14N4O. The Kier molecular flexibility index (Phi) is 2.25. The Morgan fingerprint density at radius 1 is 1.37 bits per heavy atom. The van der Waals surface area contributed by atoms with Crippen molar-refractivity contribution in [2.75, 3.05) is 0 Å². The smallest absolute Gasteiger partial charge is 0.274 e. The molecule has 3 unspecified atom stereocenters. The van der Waals surface area contributed by atoms with Crippen molar-refractivity contribution in [2.24, 2.45) is 11.8 Å². The van der Waals surface area contributed by atoms with Crippen LogP contribution in [-0.4, -0.2) is 15.1 Å². The zero-order chi connectivity index (χ0) is 12.8. The van der Waals surface area contributed by atoms with Gasteiger partial charge in [0.05, 0.1) is 0 Å². The third-order valence-electron chi connectivity index (χ3n) is 4.39. The minimum absolute atomic E-state index is 0.474. The van der Waals surface area contributed by atoms with Crippen LogP contribution in [0.25, 0.3) is 11.6 Å². The van der Waals surface area contributed by atoms with Gasteiger partial charge in [-0.25, -0.2) is 0 Å². The Hall–Kier alpha value is -2.09. The Morgan fingerprint density at radius 2 is 2.32 bits per heavy atom. The Labute approximate surface area is 110 Å². The number of nitrogens with zero attached hydrogens (tertiary/aromatic N) is 3. The first-order chi connectivity index (χ1) is 9.35. The van der Waals surface area contributed by atoms with Gasteiger partial charge < -0.3 is 9.51 Å². The van der Waals surface area contributed by atoms with E-state index in [1.807, 2.05) is 0 Å². The van der Waals surface area contributed by atoms with Gasteiger partial charge in [-0.3, -0.25) is 0 Å². The average Bonchev–Trinajstić information content (AvgIpc) is 2.89. The molecule has 5 heteroatoms. The second-order valence-electron chi connectivity index (χ2n) is 5.55. The van der Waals surface area contributed by atoms with Gasteiger partial charge in [-0.1, -0.05) is 18.0 Å². The average molecular weight is 254 g/mol. The molecule has 0 aromatic carbocycles. The Bertz CT molecular complexity index is 650. The van der Waals surface area contributed by atoms with E-state index >= 15 is 0 Å². The van der Waals surface area contributed by atoms with Crippen LogP contribution in [0.4, 0.5) is 0 Å². The van der Waals surface area contributed by atoms with Crippen LogP contribution in [0, 0.1) is 23.2 Å². The lowest BCUT2D eigenvalue weighted by molar-refractivity contribution is 0.373. The molecule has 2 aromatic heterocycles. The molecule has 0 radical (unpaired) electrons. The number of rotatable bonds is 2. The first-order valence-corrected chi connectivity index (χ1v) is 6.78. The molecule has 0 aliphatic heterocycles. The lowest BCUT2D eigenvalue weighted by Crippen LogP contribution is -2.09. The van der Waals surface area contributed by atoms with E-state index in [4.69, 9.17) is 9.78 Å². The molecule has 2 aliphatic carbocycles. The van der Waals surface area contributed by atoms with E-state index in [0.717, 1.165) is 23.4 Å². The van der Waals surface area contributed by atoms with Gasteiger partial charge in [-0.2, -0.15) is 10.2 Å². The predicted octanol–water partition coefficient (Wildman–Crippen LogP) is 2.84. The zero-order valence-electron chi connectivity index (χ0n) is 10.5. The third kappa shape index (κ3) is 1.75. The van der Waals surface area contributed by atoms with Crippen molar-refractivity contribution in [3.8, 4) is 17.7 Å². The molecule has 96 valence electrons. The van der Waals surface area contributed by atoms with Crippen molar-refractivity contribution >= 4 is 0 Å². The number of hydrogen-bond acceptors (Lipinski definition) is 4. The van der Waals surface area contributed by atoms with Crippen molar-refractivity contribution in [3.05, 3.63) is 23.7 Å². The highest BCUT2D eigenvalue weighted by molar-refractivity contribution is 5.49. The summed E-state index contributed by atoms with van der Waals surface area (Å²) in [7, 11) is 0. The van der Waals surface area contributed by atoms with E-state index in [1.54, 1.807) is 12.1 Å². The highest BCUT2D eigenvalue weighted by Crippen LogP contribution is 2.56. The van der Waals surface area contributed by atoms with E-state index in [1.165, 1.54) is 25.7 Å². The van der Waals surface area contributed by atoms with Crippen molar-refractivity contribution < 1.29 is 4.52 Å². The normalized spacial score (nSPS) is 28.7. The number of nitrogens with one attached hydrogen (secondary N) is 1. The minimum Gasteiger partial charge on any atom is -0.342 e. The maximum atomic E-state index is 8.80. The van der Waals surface area contributed by atoms with Gasteiger partial charge in [0, 0.05) is 5.92 Å².